The van der Waals surface area contributed by atoms with E-state index in [-0.39, 0.29) is 17.7 Å². The largest absolute Gasteiger partial charge is 0.452 e. The van der Waals surface area contributed by atoms with E-state index in [0.29, 0.717) is 5.82 Å². The lowest BCUT2D eigenvalue weighted by atomic mass is 10.2. The second kappa shape index (κ2) is 7.29. The summed E-state index contributed by atoms with van der Waals surface area (Å²) in [6, 6.07) is 0.255. The fourth-order valence-electron chi connectivity index (χ4n) is 2.38. The molecular formula is C17H21N3O3S2. The van der Waals surface area contributed by atoms with Crippen LogP contribution in [0.5, 0.6) is 0 Å². The Kier molecular flexibility index (Phi) is 5.29. The number of carbonyl (C=O) groups is 2. The van der Waals surface area contributed by atoms with Crippen LogP contribution < -0.4 is 5.32 Å². The number of rotatable bonds is 6. The number of thioether (sulfide) groups is 1. The highest BCUT2D eigenvalue weighted by atomic mass is 32.2. The van der Waals surface area contributed by atoms with Crippen LogP contribution in [0, 0.1) is 20.8 Å². The first kappa shape index (κ1) is 18.1. The van der Waals surface area contributed by atoms with E-state index in [1.807, 2.05) is 13.8 Å². The predicted octanol–water partition coefficient (Wildman–Crippen LogP) is 2.92. The van der Waals surface area contributed by atoms with Crippen molar-refractivity contribution < 1.29 is 14.3 Å². The second-order valence-corrected chi connectivity index (χ2v) is 8.41. The van der Waals surface area contributed by atoms with E-state index >= 15 is 0 Å². The van der Waals surface area contributed by atoms with E-state index in [2.05, 4.69) is 22.2 Å². The number of nitrogens with zero attached hydrogens (tertiary/aromatic N) is 2. The number of carbonyl (C=O) groups excluding carboxylic acids is 2. The molecule has 2 aromatic rings. The lowest BCUT2D eigenvalue weighted by Crippen LogP contribution is -2.37. The van der Waals surface area contributed by atoms with Gasteiger partial charge in [0, 0.05) is 16.3 Å². The minimum atomic E-state index is -0.772. The standard InChI is InChI=1S/C17H21N3O3S2/c1-8-10(3)25-17-14(8)16(18-11(4)19-17)24-7-13(21)23-9(2)15(22)20-12-5-6-12/h9,12H,5-7H2,1-4H3,(H,20,22)/t9-/m1/s1. The predicted molar refractivity (Wildman–Crippen MR) is 99.1 cm³/mol. The van der Waals surface area contributed by atoms with Crippen molar-refractivity contribution in [2.24, 2.45) is 0 Å². The zero-order valence-electron chi connectivity index (χ0n) is 14.7. The topological polar surface area (TPSA) is 81.2 Å². The van der Waals surface area contributed by atoms with Gasteiger partial charge in [-0.15, -0.1) is 11.3 Å². The summed E-state index contributed by atoms with van der Waals surface area (Å²) in [7, 11) is 0. The van der Waals surface area contributed by atoms with Gasteiger partial charge in [-0.25, -0.2) is 9.97 Å². The van der Waals surface area contributed by atoms with E-state index < -0.39 is 12.1 Å². The van der Waals surface area contributed by atoms with Crippen LogP contribution in [0.4, 0.5) is 0 Å². The Morgan fingerprint density at radius 1 is 1.32 bits per heavy atom. The number of aryl methyl sites for hydroxylation is 3. The molecule has 1 amide bonds. The molecule has 134 valence electrons. The molecule has 2 heterocycles. The molecule has 1 saturated carbocycles. The molecule has 0 spiro atoms. The molecule has 1 fully saturated rings. The Hall–Kier alpha value is -1.67. The smallest absolute Gasteiger partial charge is 0.317 e. The van der Waals surface area contributed by atoms with Crippen LogP contribution >= 0.6 is 23.1 Å². The maximum absolute atomic E-state index is 12.1. The zero-order valence-corrected chi connectivity index (χ0v) is 16.3. The number of amides is 1. The molecule has 25 heavy (non-hydrogen) atoms. The van der Waals surface area contributed by atoms with Crippen molar-refractivity contribution in [2.45, 2.75) is 57.7 Å². The SMILES string of the molecule is Cc1nc(SCC(=O)O[C@H](C)C(=O)NC2CC2)c2c(C)c(C)sc2n1. The van der Waals surface area contributed by atoms with E-state index in [9.17, 15) is 9.59 Å². The van der Waals surface area contributed by atoms with E-state index in [0.717, 1.165) is 33.6 Å². The maximum Gasteiger partial charge on any atom is 0.317 e. The molecule has 1 aliphatic carbocycles. The van der Waals surface area contributed by atoms with Gasteiger partial charge in [0.1, 0.15) is 15.7 Å². The molecule has 0 saturated heterocycles. The Morgan fingerprint density at radius 2 is 2.04 bits per heavy atom. The highest BCUT2D eigenvalue weighted by Gasteiger charge is 2.27. The number of nitrogens with one attached hydrogen (secondary N) is 1. The van der Waals surface area contributed by atoms with Gasteiger partial charge in [-0.3, -0.25) is 9.59 Å². The summed E-state index contributed by atoms with van der Waals surface area (Å²) >= 11 is 2.96. The zero-order chi connectivity index (χ0) is 18.1. The van der Waals surface area contributed by atoms with Crippen LogP contribution in [0.3, 0.4) is 0 Å². The minimum Gasteiger partial charge on any atom is -0.452 e. The van der Waals surface area contributed by atoms with Crippen molar-refractivity contribution in [1.82, 2.24) is 15.3 Å². The molecule has 1 N–H and O–H groups in total. The van der Waals surface area contributed by atoms with Crippen LogP contribution in [0.25, 0.3) is 10.2 Å². The highest BCUT2D eigenvalue weighted by molar-refractivity contribution is 8.00. The van der Waals surface area contributed by atoms with E-state index in [1.54, 1.807) is 18.3 Å². The van der Waals surface area contributed by atoms with Crippen LogP contribution in [0.2, 0.25) is 0 Å². The van der Waals surface area contributed by atoms with Gasteiger partial charge < -0.3 is 10.1 Å². The summed E-state index contributed by atoms with van der Waals surface area (Å²) < 4.78 is 5.23. The molecule has 0 bridgehead atoms. The van der Waals surface area contributed by atoms with Crippen molar-refractivity contribution in [3.8, 4) is 0 Å². The first-order valence-corrected chi connectivity index (χ1v) is 10.0. The molecule has 0 aromatic carbocycles. The summed E-state index contributed by atoms with van der Waals surface area (Å²) in [5.74, 6) is 0.144. The summed E-state index contributed by atoms with van der Waals surface area (Å²) in [5.41, 5.74) is 1.15. The third-order valence-electron chi connectivity index (χ3n) is 4.04. The summed E-state index contributed by atoms with van der Waals surface area (Å²) in [6.45, 7) is 7.54. The molecule has 3 rings (SSSR count). The van der Waals surface area contributed by atoms with Gasteiger partial charge in [0.25, 0.3) is 5.91 Å². The number of esters is 1. The van der Waals surface area contributed by atoms with Crippen LogP contribution in [-0.4, -0.2) is 39.7 Å². The normalized spacial score (nSPS) is 15.2. The second-order valence-electron chi connectivity index (χ2n) is 6.24. The summed E-state index contributed by atoms with van der Waals surface area (Å²) in [6.07, 6.45) is 1.24. The van der Waals surface area contributed by atoms with Gasteiger partial charge in [0.2, 0.25) is 0 Å². The van der Waals surface area contributed by atoms with Gasteiger partial charge >= 0.3 is 5.97 Å². The first-order valence-electron chi connectivity index (χ1n) is 8.22. The number of thiophene rings is 1. The Labute approximate surface area is 154 Å². The Morgan fingerprint density at radius 3 is 2.72 bits per heavy atom. The van der Waals surface area contributed by atoms with Crippen molar-refractivity contribution in [3.63, 3.8) is 0 Å². The maximum atomic E-state index is 12.1. The highest BCUT2D eigenvalue weighted by Crippen LogP contribution is 2.35. The minimum absolute atomic E-state index is 0.112. The monoisotopic (exact) mass is 379 g/mol. The van der Waals surface area contributed by atoms with Crippen molar-refractivity contribution in [3.05, 3.63) is 16.3 Å². The van der Waals surface area contributed by atoms with Gasteiger partial charge in [-0.1, -0.05) is 11.8 Å². The quantitative estimate of drug-likeness (QED) is 0.472. The third-order valence-corrected chi connectivity index (χ3v) is 6.09. The van der Waals surface area contributed by atoms with Crippen molar-refractivity contribution in [2.75, 3.05) is 5.75 Å². The lowest BCUT2D eigenvalue weighted by molar-refractivity contribution is -0.152. The molecular weight excluding hydrogens is 358 g/mol. The molecule has 2 aromatic heterocycles. The number of hydrogen-bond acceptors (Lipinski definition) is 7. The van der Waals surface area contributed by atoms with Gasteiger partial charge in [-0.2, -0.15) is 0 Å². The number of aromatic nitrogens is 2. The average molecular weight is 380 g/mol. The first-order chi connectivity index (χ1) is 11.8. The van der Waals surface area contributed by atoms with Crippen LogP contribution in [0.15, 0.2) is 5.03 Å². The summed E-state index contributed by atoms with van der Waals surface area (Å²) in [4.78, 5) is 35.0. The molecule has 6 nitrogen and oxygen atoms in total. The fraction of sp³-hybridized carbons (Fsp3) is 0.529. The van der Waals surface area contributed by atoms with Crippen LogP contribution in [0.1, 0.15) is 36.0 Å². The lowest BCUT2D eigenvalue weighted by Gasteiger charge is -2.13. The molecule has 0 aliphatic heterocycles. The van der Waals surface area contributed by atoms with Gasteiger partial charge in [-0.05, 0) is 46.1 Å². The third kappa shape index (κ3) is 4.30. The fourth-order valence-corrected chi connectivity index (χ4v) is 4.43. The molecule has 0 radical (unpaired) electrons. The molecule has 0 unspecified atom stereocenters. The Bertz CT molecular complexity index is 830. The Balaban J connectivity index is 1.63. The average Bonchev–Trinajstić information content (AvgIpc) is 3.30. The van der Waals surface area contributed by atoms with Gasteiger partial charge in [0.15, 0.2) is 6.10 Å². The molecule has 1 aliphatic rings. The van der Waals surface area contributed by atoms with Crippen LogP contribution in [-0.2, 0) is 14.3 Å². The summed E-state index contributed by atoms with van der Waals surface area (Å²) in [5, 5.41) is 4.63. The van der Waals surface area contributed by atoms with E-state index in [4.69, 9.17) is 4.74 Å². The van der Waals surface area contributed by atoms with Gasteiger partial charge in [0.05, 0.1) is 5.75 Å². The molecule has 8 heteroatoms. The number of ether oxygens (including phenoxy) is 1. The van der Waals surface area contributed by atoms with Crippen molar-refractivity contribution in [1.29, 1.82) is 0 Å². The number of fused-ring (bicyclic) bond motifs is 1. The van der Waals surface area contributed by atoms with E-state index in [1.165, 1.54) is 16.6 Å². The van der Waals surface area contributed by atoms with Crippen molar-refractivity contribution >= 4 is 45.2 Å². The number of hydrogen-bond donors (Lipinski definition) is 1. The molecule has 1 atom stereocenters.